The molecule has 0 unspecified atom stereocenters. The molecule has 1 aromatic carbocycles. The molecule has 2 bridgehead atoms. The van der Waals surface area contributed by atoms with Crippen molar-refractivity contribution in [3.63, 3.8) is 0 Å². The smallest absolute Gasteiger partial charge is 0.413 e. The number of rotatable bonds is 4. The quantitative estimate of drug-likeness (QED) is 0.743. The molecule has 2 aliphatic rings. The Bertz CT molecular complexity index is 694. The third-order valence-corrected chi connectivity index (χ3v) is 5.30. The van der Waals surface area contributed by atoms with E-state index >= 15 is 0 Å². The number of hydrogen-bond donors (Lipinski definition) is 0. The average Bonchev–Trinajstić information content (AvgIpc) is 2.83. The van der Waals surface area contributed by atoms with Crippen LogP contribution in [-0.2, 0) is 20.6 Å². The Morgan fingerprint density at radius 2 is 1.96 bits per heavy atom. The number of ether oxygens (including phenoxy) is 3. The first-order chi connectivity index (χ1) is 12.6. The predicted octanol–water partition coefficient (Wildman–Crippen LogP) is 4.17. The van der Waals surface area contributed by atoms with Crippen LogP contribution < -0.4 is 0 Å². The maximum Gasteiger partial charge on any atom is 0.413 e. The summed E-state index contributed by atoms with van der Waals surface area (Å²) in [6.07, 6.45) is 1.89. The molecular weight excluding hydrogens is 342 g/mol. The molecule has 1 aromatic rings. The van der Waals surface area contributed by atoms with Gasteiger partial charge in [0.25, 0.3) is 0 Å². The van der Waals surface area contributed by atoms with Crippen molar-refractivity contribution in [3.05, 3.63) is 48.6 Å². The molecule has 5 nitrogen and oxygen atoms in total. The molecule has 0 radical (unpaired) electrons. The molecule has 1 amide bonds. The summed E-state index contributed by atoms with van der Waals surface area (Å²) in [5.74, 6) is 0. The van der Waals surface area contributed by atoms with Crippen molar-refractivity contribution in [2.75, 3.05) is 13.2 Å². The molecule has 0 aromatic heterocycles. The van der Waals surface area contributed by atoms with Gasteiger partial charge in [-0.1, -0.05) is 50.3 Å². The molecule has 2 aliphatic heterocycles. The van der Waals surface area contributed by atoms with Crippen LogP contribution in [0.4, 0.5) is 4.79 Å². The number of hydrogen-bond acceptors (Lipinski definition) is 4. The van der Waals surface area contributed by atoms with Crippen LogP contribution in [0.1, 0.15) is 40.2 Å². The monoisotopic (exact) mass is 373 g/mol. The first-order valence-electron chi connectivity index (χ1n) is 9.53. The Morgan fingerprint density at radius 1 is 1.30 bits per heavy atom. The molecule has 5 heteroatoms. The zero-order valence-corrected chi connectivity index (χ0v) is 17.0. The fraction of sp³-hybridized carbons (Fsp3) is 0.591. The third kappa shape index (κ3) is 3.90. The summed E-state index contributed by atoms with van der Waals surface area (Å²) in [5, 5.41) is 0. The summed E-state index contributed by atoms with van der Waals surface area (Å²) in [6.45, 7) is 14.5. The lowest BCUT2D eigenvalue weighted by molar-refractivity contribution is -0.188. The van der Waals surface area contributed by atoms with Crippen molar-refractivity contribution in [1.82, 2.24) is 4.90 Å². The van der Waals surface area contributed by atoms with Crippen molar-refractivity contribution < 1.29 is 19.0 Å². The van der Waals surface area contributed by atoms with Crippen molar-refractivity contribution in [2.45, 2.75) is 64.5 Å². The lowest BCUT2D eigenvalue weighted by Gasteiger charge is -2.48. The Kier molecular flexibility index (Phi) is 5.12. The van der Waals surface area contributed by atoms with Gasteiger partial charge in [0.05, 0.1) is 25.4 Å². The number of nitrogens with zero attached hydrogens (tertiary/aromatic N) is 1. The topological polar surface area (TPSA) is 48.0 Å². The summed E-state index contributed by atoms with van der Waals surface area (Å²) in [5.41, 5.74) is -0.622. The van der Waals surface area contributed by atoms with Gasteiger partial charge >= 0.3 is 6.09 Å². The summed E-state index contributed by atoms with van der Waals surface area (Å²) in [6, 6.07) is 9.82. The van der Waals surface area contributed by atoms with E-state index in [9.17, 15) is 4.79 Å². The van der Waals surface area contributed by atoms with Gasteiger partial charge in [0.1, 0.15) is 5.60 Å². The van der Waals surface area contributed by atoms with E-state index < -0.39 is 11.3 Å². The second kappa shape index (κ2) is 6.95. The Labute approximate surface area is 162 Å². The maximum absolute atomic E-state index is 13.2. The van der Waals surface area contributed by atoms with Crippen LogP contribution in [0.15, 0.2) is 43.0 Å². The largest absolute Gasteiger partial charge is 0.444 e. The molecule has 0 saturated carbocycles. The Morgan fingerprint density at radius 3 is 2.56 bits per heavy atom. The molecule has 0 aliphatic carbocycles. The lowest BCUT2D eigenvalue weighted by Crippen LogP contribution is -2.65. The van der Waals surface area contributed by atoms with Gasteiger partial charge in [-0.3, -0.25) is 4.90 Å². The van der Waals surface area contributed by atoms with E-state index in [0.29, 0.717) is 19.6 Å². The molecule has 0 N–H and O–H groups in total. The normalized spacial score (nSPS) is 28.1. The summed E-state index contributed by atoms with van der Waals surface area (Å²) in [7, 11) is 0. The molecule has 2 saturated heterocycles. The second-order valence-corrected chi connectivity index (χ2v) is 9.09. The first kappa shape index (κ1) is 19.9. The van der Waals surface area contributed by atoms with E-state index in [-0.39, 0.29) is 23.7 Å². The van der Waals surface area contributed by atoms with Crippen LogP contribution in [0.5, 0.6) is 0 Å². The molecule has 2 heterocycles. The van der Waals surface area contributed by atoms with Crippen LogP contribution >= 0.6 is 0 Å². The second-order valence-electron chi connectivity index (χ2n) is 9.09. The van der Waals surface area contributed by atoms with Crippen molar-refractivity contribution in [2.24, 2.45) is 5.41 Å². The lowest BCUT2D eigenvalue weighted by atomic mass is 9.81. The van der Waals surface area contributed by atoms with E-state index in [1.165, 1.54) is 0 Å². The summed E-state index contributed by atoms with van der Waals surface area (Å²) < 4.78 is 18.3. The highest BCUT2D eigenvalue weighted by Gasteiger charge is 2.60. The zero-order chi connectivity index (χ0) is 19.9. The van der Waals surface area contributed by atoms with E-state index in [4.69, 9.17) is 14.2 Å². The molecule has 2 fully saturated rings. The van der Waals surface area contributed by atoms with Crippen molar-refractivity contribution >= 4 is 6.09 Å². The number of fused-ring (bicyclic) bond motifs is 2. The molecule has 27 heavy (non-hydrogen) atoms. The SMILES string of the molecule is C=CC(C)(C)[C@H]1OC[C@]2(Cc3ccccc3)OC[C@@H]1N2C(=O)OC(C)(C)C. The number of morpholine rings is 1. The number of benzene rings is 1. The Hall–Kier alpha value is -1.85. The molecular formula is C22H31NO4. The fourth-order valence-corrected chi connectivity index (χ4v) is 3.89. The van der Waals surface area contributed by atoms with Gasteiger partial charge in [0.15, 0.2) is 5.72 Å². The molecule has 3 atom stereocenters. The third-order valence-electron chi connectivity index (χ3n) is 5.30. The minimum atomic E-state index is -0.845. The van der Waals surface area contributed by atoms with Gasteiger partial charge < -0.3 is 14.2 Å². The highest BCUT2D eigenvalue weighted by atomic mass is 16.6. The molecule has 0 spiro atoms. The van der Waals surface area contributed by atoms with Crippen LogP contribution in [0.25, 0.3) is 0 Å². The van der Waals surface area contributed by atoms with E-state index in [2.05, 4.69) is 20.4 Å². The van der Waals surface area contributed by atoms with Gasteiger partial charge in [-0.15, -0.1) is 6.58 Å². The standard InChI is InChI=1S/C22H31NO4/c1-7-21(5,6)18-17-14-26-22(15-25-18,13-16-11-9-8-10-12-16)23(17)19(24)27-20(2,3)4/h7-12,17-18H,1,13-15H2,2-6H3/t17-,18-,22-/m0/s1. The van der Waals surface area contributed by atoms with Gasteiger partial charge in [-0.2, -0.15) is 0 Å². The first-order valence-corrected chi connectivity index (χ1v) is 9.53. The van der Waals surface area contributed by atoms with E-state index in [0.717, 1.165) is 5.56 Å². The van der Waals surface area contributed by atoms with E-state index in [1.54, 1.807) is 4.90 Å². The summed E-state index contributed by atoms with van der Waals surface area (Å²) in [4.78, 5) is 15.0. The van der Waals surface area contributed by atoms with Crippen LogP contribution in [0.3, 0.4) is 0 Å². The van der Waals surface area contributed by atoms with Crippen LogP contribution in [0.2, 0.25) is 0 Å². The predicted molar refractivity (Wildman–Crippen MR) is 104 cm³/mol. The maximum atomic E-state index is 13.2. The number of carbonyl (C=O) groups excluding carboxylic acids is 1. The number of carbonyl (C=O) groups is 1. The van der Waals surface area contributed by atoms with Gasteiger partial charge in [0, 0.05) is 11.8 Å². The summed E-state index contributed by atoms with van der Waals surface area (Å²) >= 11 is 0. The Balaban J connectivity index is 1.95. The fourth-order valence-electron chi connectivity index (χ4n) is 3.89. The zero-order valence-electron chi connectivity index (χ0n) is 17.0. The molecule has 3 rings (SSSR count). The van der Waals surface area contributed by atoms with Gasteiger partial charge in [0.2, 0.25) is 0 Å². The van der Waals surface area contributed by atoms with Gasteiger partial charge in [-0.25, -0.2) is 4.79 Å². The van der Waals surface area contributed by atoms with Crippen LogP contribution in [-0.4, -0.2) is 47.7 Å². The number of amides is 1. The van der Waals surface area contributed by atoms with E-state index in [1.807, 2.05) is 57.2 Å². The van der Waals surface area contributed by atoms with Crippen molar-refractivity contribution in [3.8, 4) is 0 Å². The van der Waals surface area contributed by atoms with Crippen molar-refractivity contribution in [1.29, 1.82) is 0 Å². The average molecular weight is 373 g/mol. The minimum Gasteiger partial charge on any atom is -0.444 e. The molecule has 148 valence electrons. The minimum absolute atomic E-state index is 0.200. The van der Waals surface area contributed by atoms with Gasteiger partial charge in [-0.05, 0) is 26.3 Å². The van der Waals surface area contributed by atoms with Crippen LogP contribution in [0, 0.1) is 5.41 Å². The highest BCUT2D eigenvalue weighted by molar-refractivity contribution is 5.70. The highest BCUT2D eigenvalue weighted by Crippen LogP contribution is 2.44.